The smallest absolute Gasteiger partial charge is 0.347 e. The van der Waals surface area contributed by atoms with Gasteiger partial charge in [0.1, 0.15) is 16.7 Å². The van der Waals surface area contributed by atoms with Gasteiger partial charge in [0.15, 0.2) is 5.78 Å². The number of nitrogens with zero attached hydrogens (tertiary/aromatic N) is 1. The minimum absolute atomic E-state index is 0.0719. The number of benzene rings is 3. The third kappa shape index (κ3) is 4.92. The second kappa shape index (κ2) is 9.81. The van der Waals surface area contributed by atoms with Crippen LogP contribution in [0.3, 0.4) is 0 Å². The van der Waals surface area contributed by atoms with Crippen LogP contribution in [0, 0.1) is 0 Å². The summed E-state index contributed by atoms with van der Waals surface area (Å²) in [4.78, 5) is 37.8. The average Bonchev–Trinajstić information content (AvgIpc) is 3.44. The maximum atomic E-state index is 12.5. The van der Waals surface area contributed by atoms with E-state index in [1.807, 2.05) is 42.5 Å². The molecule has 35 heavy (non-hydrogen) atoms. The monoisotopic (exact) mass is 465 g/mol. The molecule has 0 radical (unpaired) electrons. The van der Waals surface area contributed by atoms with Crippen molar-refractivity contribution < 1.29 is 13.6 Å². The zero-order valence-corrected chi connectivity index (χ0v) is 19.0. The predicted octanol–water partition coefficient (Wildman–Crippen LogP) is 5.42. The van der Waals surface area contributed by atoms with Crippen molar-refractivity contribution in [2.24, 2.45) is 0 Å². The molecule has 0 bridgehead atoms. The highest BCUT2D eigenvalue weighted by Crippen LogP contribution is 2.25. The molecule has 0 saturated carbocycles. The van der Waals surface area contributed by atoms with Crippen LogP contribution in [-0.2, 0) is 0 Å². The molecule has 0 atom stereocenters. The molecule has 0 N–H and O–H groups in total. The lowest BCUT2D eigenvalue weighted by Gasteiger charge is -2.17. The lowest BCUT2D eigenvalue weighted by atomic mass is 10.0. The first kappa shape index (κ1) is 22.3. The first-order chi connectivity index (χ1) is 17.1. The summed E-state index contributed by atoms with van der Waals surface area (Å²) < 4.78 is 10.3. The van der Waals surface area contributed by atoms with Gasteiger partial charge in [-0.15, -0.1) is 0 Å². The molecular formula is C29H23NO5. The highest BCUT2D eigenvalue weighted by atomic mass is 16.4. The molecule has 0 unspecified atom stereocenters. The fraction of sp³-hybridized carbons (Fsp3) is 0.138. The van der Waals surface area contributed by atoms with Crippen molar-refractivity contribution >= 4 is 33.4 Å². The molecule has 3 aromatic carbocycles. The Labute approximate surface area is 201 Å². The summed E-state index contributed by atoms with van der Waals surface area (Å²) >= 11 is 0. The fourth-order valence-corrected chi connectivity index (χ4v) is 4.19. The molecule has 0 spiro atoms. The fourth-order valence-electron chi connectivity index (χ4n) is 4.19. The van der Waals surface area contributed by atoms with Crippen molar-refractivity contribution in [2.75, 3.05) is 18.0 Å². The van der Waals surface area contributed by atoms with Crippen LogP contribution in [0.1, 0.15) is 28.8 Å². The highest BCUT2D eigenvalue weighted by molar-refractivity contribution is 6.09. The molecule has 1 saturated heterocycles. The van der Waals surface area contributed by atoms with E-state index in [4.69, 9.17) is 8.83 Å². The zero-order chi connectivity index (χ0) is 24.2. The van der Waals surface area contributed by atoms with E-state index in [0.717, 1.165) is 29.5 Å². The number of carbonyl (C=O) groups excluding carboxylic acids is 1. The van der Waals surface area contributed by atoms with Crippen molar-refractivity contribution in [3.8, 4) is 0 Å². The van der Waals surface area contributed by atoms with Crippen LogP contribution in [0.2, 0.25) is 0 Å². The van der Waals surface area contributed by atoms with Gasteiger partial charge in [-0.1, -0.05) is 48.5 Å². The van der Waals surface area contributed by atoms with E-state index in [0.29, 0.717) is 16.7 Å². The summed E-state index contributed by atoms with van der Waals surface area (Å²) in [5.74, 6) is -0.310. The molecule has 1 aliphatic heterocycles. The molecular weight excluding hydrogens is 442 g/mol. The van der Waals surface area contributed by atoms with Crippen LogP contribution in [-0.4, -0.2) is 18.9 Å². The lowest BCUT2D eigenvalue weighted by Crippen LogP contribution is -2.18. The summed E-state index contributed by atoms with van der Waals surface area (Å²) in [7, 11) is 0. The van der Waals surface area contributed by atoms with E-state index in [-0.39, 0.29) is 17.0 Å². The van der Waals surface area contributed by atoms with Gasteiger partial charge in [-0.05, 0) is 43.2 Å². The Morgan fingerprint density at radius 3 is 2.20 bits per heavy atom. The minimum atomic E-state index is -0.588. The molecule has 0 amide bonds. The summed E-state index contributed by atoms with van der Waals surface area (Å²) in [6.07, 6.45) is 2.37. The Bertz CT molecular complexity index is 1610. The minimum Gasteiger partial charge on any atom is -0.423 e. The Balaban J connectivity index is 0.000000192. The second-order valence-electron chi connectivity index (χ2n) is 8.35. The molecule has 1 fully saturated rings. The number of rotatable bonds is 3. The predicted molar refractivity (Wildman–Crippen MR) is 136 cm³/mol. The van der Waals surface area contributed by atoms with Crippen molar-refractivity contribution in [3.63, 3.8) is 0 Å². The van der Waals surface area contributed by atoms with Crippen molar-refractivity contribution in [3.05, 3.63) is 123 Å². The summed E-state index contributed by atoms with van der Waals surface area (Å²) in [6, 6.07) is 26.8. The number of para-hydroxylation sites is 1. The summed E-state index contributed by atoms with van der Waals surface area (Å²) in [5, 5.41) is 1.71. The van der Waals surface area contributed by atoms with Crippen LogP contribution in [0.5, 0.6) is 0 Å². The van der Waals surface area contributed by atoms with Crippen LogP contribution >= 0.6 is 0 Å². The third-order valence-corrected chi connectivity index (χ3v) is 6.00. The van der Waals surface area contributed by atoms with E-state index in [9.17, 15) is 14.4 Å². The summed E-state index contributed by atoms with van der Waals surface area (Å²) in [6.45, 7) is 2.06. The maximum absolute atomic E-state index is 12.5. The Morgan fingerprint density at radius 2 is 1.40 bits per heavy atom. The molecule has 5 aromatic rings. The Hall–Kier alpha value is -4.45. The van der Waals surface area contributed by atoms with E-state index in [1.54, 1.807) is 42.5 Å². The first-order valence-corrected chi connectivity index (χ1v) is 11.5. The number of carbonyl (C=O) groups is 1. The van der Waals surface area contributed by atoms with E-state index in [2.05, 4.69) is 4.90 Å². The lowest BCUT2D eigenvalue weighted by molar-refractivity contribution is 0.103. The van der Waals surface area contributed by atoms with Crippen LogP contribution in [0.15, 0.2) is 109 Å². The third-order valence-electron chi connectivity index (χ3n) is 6.00. The standard InChI is InChI=1S/C20H17NO3.C9H6O2/c22-19(14-6-2-1-3-7-14)17-12-15-8-9-16(21-10-4-5-11-21)13-18(15)24-20(17)23;10-9-6-5-7-3-1-2-4-8(7)11-9/h1-3,6-9,12-13H,4-5,10-11H2;1-6H. The van der Waals surface area contributed by atoms with E-state index in [1.165, 1.54) is 18.9 Å². The van der Waals surface area contributed by atoms with Crippen LogP contribution in [0.25, 0.3) is 21.9 Å². The van der Waals surface area contributed by atoms with Gasteiger partial charge in [0.25, 0.3) is 0 Å². The molecule has 3 heterocycles. The van der Waals surface area contributed by atoms with E-state index < -0.39 is 5.63 Å². The molecule has 6 heteroatoms. The number of hydrogen-bond acceptors (Lipinski definition) is 6. The number of fused-ring (bicyclic) bond motifs is 2. The number of ketones is 1. The van der Waals surface area contributed by atoms with Gasteiger partial charge in [0, 0.05) is 47.2 Å². The topological polar surface area (TPSA) is 80.7 Å². The normalized spacial score (nSPS) is 13.0. The van der Waals surface area contributed by atoms with Crippen LogP contribution < -0.4 is 16.2 Å². The van der Waals surface area contributed by atoms with Crippen molar-refractivity contribution in [1.82, 2.24) is 0 Å². The zero-order valence-electron chi connectivity index (χ0n) is 19.0. The number of hydrogen-bond donors (Lipinski definition) is 0. The van der Waals surface area contributed by atoms with Gasteiger partial charge < -0.3 is 13.7 Å². The van der Waals surface area contributed by atoms with Gasteiger partial charge in [-0.3, -0.25) is 4.79 Å². The average molecular weight is 466 g/mol. The second-order valence-corrected chi connectivity index (χ2v) is 8.35. The van der Waals surface area contributed by atoms with Gasteiger partial charge in [0.05, 0.1) is 0 Å². The maximum Gasteiger partial charge on any atom is 0.347 e. The SMILES string of the molecule is O=C(c1ccccc1)c1cc2ccc(N3CCCC3)cc2oc1=O.O=c1ccc2ccccc2o1. The molecule has 0 aliphatic carbocycles. The Morgan fingerprint density at radius 1 is 0.686 bits per heavy atom. The molecule has 2 aromatic heterocycles. The molecule has 6 rings (SSSR count). The molecule has 1 aliphatic rings. The quantitative estimate of drug-likeness (QED) is 0.262. The van der Waals surface area contributed by atoms with Crippen LogP contribution in [0.4, 0.5) is 5.69 Å². The first-order valence-electron chi connectivity index (χ1n) is 11.5. The Kier molecular flexibility index (Phi) is 6.26. The highest BCUT2D eigenvalue weighted by Gasteiger charge is 2.17. The molecule has 174 valence electrons. The molecule has 6 nitrogen and oxygen atoms in total. The summed E-state index contributed by atoms with van der Waals surface area (Å²) in [5.41, 5.74) is 1.89. The van der Waals surface area contributed by atoms with Gasteiger partial charge in [-0.2, -0.15) is 0 Å². The van der Waals surface area contributed by atoms with E-state index >= 15 is 0 Å². The van der Waals surface area contributed by atoms with Gasteiger partial charge in [0.2, 0.25) is 0 Å². The largest absolute Gasteiger partial charge is 0.423 e. The number of anilines is 1. The van der Waals surface area contributed by atoms with Gasteiger partial charge >= 0.3 is 11.3 Å². The van der Waals surface area contributed by atoms with Crippen molar-refractivity contribution in [1.29, 1.82) is 0 Å². The van der Waals surface area contributed by atoms with Crippen molar-refractivity contribution in [2.45, 2.75) is 12.8 Å². The van der Waals surface area contributed by atoms with Gasteiger partial charge in [-0.25, -0.2) is 9.59 Å².